The number of hydrogen-bond acceptors (Lipinski definition) is 4. The molecule has 5 nitrogen and oxygen atoms in total. The van der Waals surface area contributed by atoms with Crippen LogP contribution in [0.4, 0.5) is 0 Å². The van der Waals surface area contributed by atoms with Crippen LogP contribution >= 0.6 is 0 Å². The minimum Gasteiger partial charge on any atom is -0.367 e. The van der Waals surface area contributed by atoms with Gasteiger partial charge in [-0.3, -0.25) is 4.79 Å². The zero-order valence-corrected chi connectivity index (χ0v) is 12.8. The highest BCUT2D eigenvalue weighted by Gasteiger charge is 2.41. The molecule has 1 fully saturated rings. The second-order valence-electron chi connectivity index (χ2n) is 5.99. The number of Topliss-reactive ketones (excluding diaryl/α,β-unsaturated/α-hetero) is 1. The van der Waals surface area contributed by atoms with Gasteiger partial charge in [-0.15, -0.1) is 0 Å². The lowest BCUT2D eigenvalue weighted by molar-refractivity contribution is -0.143. The third-order valence-electron chi connectivity index (χ3n) is 3.89. The van der Waals surface area contributed by atoms with Crippen molar-refractivity contribution in [3.63, 3.8) is 0 Å². The molecule has 0 amide bonds. The molecular formula is C15H25N3O2. The van der Waals surface area contributed by atoms with Crippen molar-refractivity contribution >= 4 is 5.78 Å². The summed E-state index contributed by atoms with van der Waals surface area (Å²) in [6.45, 7) is 7.60. The lowest BCUT2D eigenvalue weighted by Gasteiger charge is -2.27. The van der Waals surface area contributed by atoms with Crippen molar-refractivity contribution in [2.45, 2.75) is 65.0 Å². The largest absolute Gasteiger partial charge is 0.367 e. The van der Waals surface area contributed by atoms with Crippen LogP contribution in [0.2, 0.25) is 0 Å². The molecule has 0 bridgehead atoms. The Morgan fingerprint density at radius 1 is 1.45 bits per heavy atom. The Morgan fingerprint density at radius 3 is 2.75 bits per heavy atom. The Bertz CT molecular complexity index is 448. The number of rotatable bonds is 7. The van der Waals surface area contributed by atoms with E-state index in [0.29, 0.717) is 18.9 Å². The Hall–Kier alpha value is -1.23. The number of ether oxygens (including phenoxy) is 1. The van der Waals surface area contributed by atoms with Gasteiger partial charge in [0.25, 0.3) is 0 Å². The molecule has 0 atom stereocenters. The lowest BCUT2D eigenvalue weighted by atomic mass is 9.93. The molecule has 0 saturated heterocycles. The molecule has 1 heterocycles. The number of aromatic nitrogens is 3. The summed E-state index contributed by atoms with van der Waals surface area (Å²) in [5, 5.41) is 4.22. The van der Waals surface area contributed by atoms with Crippen molar-refractivity contribution in [2.24, 2.45) is 5.92 Å². The SMILES string of the molecule is CCOC1(C(=O)Cc2ncnn2CC(C)C)CCCC1. The maximum Gasteiger partial charge on any atom is 0.172 e. The Kier molecular flexibility index (Phi) is 4.91. The van der Waals surface area contributed by atoms with Crippen molar-refractivity contribution in [2.75, 3.05) is 6.61 Å². The van der Waals surface area contributed by atoms with Crippen LogP contribution in [0.3, 0.4) is 0 Å². The maximum absolute atomic E-state index is 12.7. The average molecular weight is 279 g/mol. The molecule has 20 heavy (non-hydrogen) atoms. The summed E-state index contributed by atoms with van der Waals surface area (Å²) >= 11 is 0. The van der Waals surface area contributed by atoms with Gasteiger partial charge >= 0.3 is 0 Å². The van der Waals surface area contributed by atoms with Crippen molar-refractivity contribution in [1.82, 2.24) is 14.8 Å². The zero-order chi connectivity index (χ0) is 14.6. The minimum absolute atomic E-state index is 0.162. The van der Waals surface area contributed by atoms with Crippen LogP contribution in [0, 0.1) is 5.92 Å². The van der Waals surface area contributed by atoms with E-state index in [1.807, 2.05) is 11.6 Å². The fourth-order valence-corrected chi connectivity index (χ4v) is 2.95. The van der Waals surface area contributed by atoms with E-state index < -0.39 is 5.60 Å². The van der Waals surface area contributed by atoms with Crippen molar-refractivity contribution in [3.05, 3.63) is 12.2 Å². The van der Waals surface area contributed by atoms with Crippen LogP contribution in [0.15, 0.2) is 6.33 Å². The van der Waals surface area contributed by atoms with Gasteiger partial charge < -0.3 is 4.74 Å². The molecule has 5 heteroatoms. The normalized spacial score (nSPS) is 17.8. The van der Waals surface area contributed by atoms with E-state index in [1.54, 1.807) is 0 Å². The predicted octanol–water partition coefficient (Wildman–Crippen LogP) is 2.40. The van der Waals surface area contributed by atoms with Gasteiger partial charge in [0.2, 0.25) is 0 Å². The van der Waals surface area contributed by atoms with Crippen LogP contribution < -0.4 is 0 Å². The van der Waals surface area contributed by atoms with Gasteiger partial charge in [0.15, 0.2) is 5.78 Å². The third-order valence-corrected chi connectivity index (χ3v) is 3.89. The number of hydrogen-bond donors (Lipinski definition) is 0. The summed E-state index contributed by atoms with van der Waals surface area (Å²) in [5.41, 5.74) is -0.566. The van der Waals surface area contributed by atoms with E-state index in [1.165, 1.54) is 6.33 Å². The van der Waals surface area contributed by atoms with Gasteiger partial charge in [0.05, 0.1) is 6.42 Å². The van der Waals surface area contributed by atoms with E-state index >= 15 is 0 Å². The van der Waals surface area contributed by atoms with Gasteiger partial charge in [0.1, 0.15) is 17.8 Å². The molecule has 0 aromatic carbocycles. The summed E-state index contributed by atoms with van der Waals surface area (Å²) in [6.07, 6.45) is 5.70. The third kappa shape index (κ3) is 3.26. The van der Waals surface area contributed by atoms with Crippen molar-refractivity contribution in [3.8, 4) is 0 Å². The molecule has 112 valence electrons. The first-order valence-corrected chi connectivity index (χ1v) is 7.61. The van der Waals surface area contributed by atoms with Crippen LogP contribution in [-0.2, 0) is 22.5 Å². The summed E-state index contributed by atoms with van der Waals surface area (Å²) in [5.74, 6) is 1.41. The molecule has 1 aromatic heterocycles. The smallest absolute Gasteiger partial charge is 0.172 e. The van der Waals surface area contributed by atoms with Crippen LogP contribution in [0.25, 0.3) is 0 Å². The molecule has 0 unspecified atom stereocenters. The first-order valence-electron chi connectivity index (χ1n) is 7.61. The minimum atomic E-state index is -0.566. The Balaban J connectivity index is 2.08. The van der Waals surface area contributed by atoms with Crippen LogP contribution in [0.5, 0.6) is 0 Å². The van der Waals surface area contributed by atoms with E-state index in [2.05, 4.69) is 23.9 Å². The highest BCUT2D eigenvalue weighted by atomic mass is 16.5. The number of nitrogens with zero attached hydrogens (tertiary/aromatic N) is 3. The maximum atomic E-state index is 12.7. The van der Waals surface area contributed by atoms with Gasteiger partial charge in [0, 0.05) is 13.2 Å². The van der Waals surface area contributed by atoms with E-state index in [9.17, 15) is 4.79 Å². The molecule has 1 aromatic rings. The number of carbonyl (C=O) groups excluding carboxylic acids is 1. The monoisotopic (exact) mass is 279 g/mol. The van der Waals surface area contributed by atoms with Crippen LogP contribution in [0.1, 0.15) is 52.3 Å². The molecule has 0 N–H and O–H groups in total. The van der Waals surface area contributed by atoms with Gasteiger partial charge in [-0.1, -0.05) is 13.8 Å². The Morgan fingerprint density at radius 2 is 2.15 bits per heavy atom. The molecule has 2 rings (SSSR count). The lowest BCUT2D eigenvalue weighted by Crippen LogP contribution is -2.40. The predicted molar refractivity (Wildman–Crippen MR) is 76.4 cm³/mol. The fourth-order valence-electron chi connectivity index (χ4n) is 2.95. The molecule has 1 aliphatic rings. The van der Waals surface area contributed by atoms with E-state index in [0.717, 1.165) is 38.1 Å². The first-order chi connectivity index (χ1) is 9.57. The fraction of sp³-hybridized carbons (Fsp3) is 0.800. The van der Waals surface area contributed by atoms with Crippen molar-refractivity contribution in [1.29, 1.82) is 0 Å². The second kappa shape index (κ2) is 6.48. The average Bonchev–Trinajstić information content (AvgIpc) is 3.00. The van der Waals surface area contributed by atoms with Gasteiger partial charge in [-0.2, -0.15) is 5.10 Å². The molecule has 1 aliphatic carbocycles. The summed E-state index contributed by atoms with van der Waals surface area (Å²) in [4.78, 5) is 16.9. The number of ketones is 1. The standard InChI is InChI=1S/C15H25N3O2/c1-4-20-15(7-5-6-8-15)13(19)9-14-16-11-17-18(14)10-12(2)3/h11-12H,4-10H2,1-3H3. The highest BCUT2D eigenvalue weighted by Crippen LogP contribution is 2.34. The quantitative estimate of drug-likeness (QED) is 0.769. The summed E-state index contributed by atoms with van der Waals surface area (Å²) in [7, 11) is 0. The second-order valence-corrected chi connectivity index (χ2v) is 5.99. The van der Waals surface area contributed by atoms with Gasteiger partial charge in [-0.05, 0) is 38.5 Å². The molecule has 1 saturated carbocycles. The summed E-state index contributed by atoms with van der Waals surface area (Å²) in [6, 6.07) is 0. The summed E-state index contributed by atoms with van der Waals surface area (Å²) < 4.78 is 7.66. The first kappa shape index (κ1) is 15.2. The van der Waals surface area contributed by atoms with Crippen LogP contribution in [-0.4, -0.2) is 32.8 Å². The van der Waals surface area contributed by atoms with E-state index in [-0.39, 0.29) is 5.78 Å². The Labute approximate surface area is 120 Å². The molecular weight excluding hydrogens is 254 g/mol. The zero-order valence-electron chi connectivity index (χ0n) is 12.8. The number of carbonyl (C=O) groups is 1. The molecule has 0 spiro atoms. The topological polar surface area (TPSA) is 57.0 Å². The molecule has 0 aliphatic heterocycles. The highest BCUT2D eigenvalue weighted by molar-refractivity contribution is 5.89. The van der Waals surface area contributed by atoms with E-state index in [4.69, 9.17) is 4.74 Å². The van der Waals surface area contributed by atoms with Gasteiger partial charge in [-0.25, -0.2) is 9.67 Å². The van der Waals surface area contributed by atoms with Crippen molar-refractivity contribution < 1.29 is 9.53 Å². The molecule has 0 radical (unpaired) electrons.